The molecule has 0 saturated carbocycles. The molecule has 6 nitrogen and oxygen atoms in total. The Labute approximate surface area is 116 Å². The highest BCUT2D eigenvalue weighted by Crippen LogP contribution is 2.21. The van der Waals surface area contributed by atoms with Crippen LogP contribution in [0.5, 0.6) is 0 Å². The van der Waals surface area contributed by atoms with E-state index in [1.807, 2.05) is 18.2 Å². The molecule has 0 bridgehead atoms. The number of carboxylic acid groups (broad SMARTS) is 1. The molecule has 1 aromatic carbocycles. The van der Waals surface area contributed by atoms with Gasteiger partial charge < -0.3 is 10.5 Å². The second-order valence-electron chi connectivity index (χ2n) is 4.88. The zero-order valence-electron chi connectivity index (χ0n) is 11.0. The fourth-order valence-corrected chi connectivity index (χ4v) is 2.41. The highest BCUT2D eigenvalue weighted by Gasteiger charge is 2.16. The molecule has 3 rings (SSSR count). The summed E-state index contributed by atoms with van der Waals surface area (Å²) >= 11 is 0. The number of carbonyl (C=O) groups is 1. The molecule has 1 saturated heterocycles. The lowest BCUT2D eigenvalue weighted by Crippen LogP contribution is -2.35. The lowest BCUT2D eigenvalue weighted by atomic mass is 10.2. The normalized spacial score (nSPS) is 16.2. The summed E-state index contributed by atoms with van der Waals surface area (Å²) in [6, 6.07) is 7.43. The summed E-state index contributed by atoms with van der Waals surface area (Å²) in [5.74, 6) is -0.726. The van der Waals surface area contributed by atoms with Gasteiger partial charge in [0, 0.05) is 18.5 Å². The Morgan fingerprint density at radius 3 is 2.65 bits per heavy atom. The molecule has 2 heterocycles. The second kappa shape index (κ2) is 5.42. The summed E-state index contributed by atoms with van der Waals surface area (Å²) in [5, 5.41) is 12.0. The van der Waals surface area contributed by atoms with Gasteiger partial charge in [0.05, 0.1) is 5.52 Å². The number of para-hydroxylation sites is 1. The van der Waals surface area contributed by atoms with Crippen molar-refractivity contribution in [2.75, 3.05) is 18.5 Å². The summed E-state index contributed by atoms with van der Waals surface area (Å²) in [7, 11) is 0. The topological polar surface area (TPSA) is 78.3 Å². The van der Waals surface area contributed by atoms with Crippen LogP contribution in [0.1, 0.15) is 29.9 Å². The first-order valence-corrected chi connectivity index (χ1v) is 6.76. The summed E-state index contributed by atoms with van der Waals surface area (Å²) in [5.41, 5.74) is 3.88. The maximum atomic E-state index is 11.1. The fourth-order valence-electron chi connectivity index (χ4n) is 2.41. The van der Waals surface area contributed by atoms with Gasteiger partial charge in [-0.1, -0.05) is 18.6 Å². The molecule has 20 heavy (non-hydrogen) atoms. The van der Waals surface area contributed by atoms with Crippen LogP contribution in [0.3, 0.4) is 0 Å². The molecule has 104 valence electrons. The number of hydrogen-bond donors (Lipinski definition) is 2. The Balaban J connectivity index is 2.00. The van der Waals surface area contributed by atoms with Crippen molar-refractivity contribution in [3.8, 4) is 0 Å². The zero-order valence-corrected chi connectivity index (χ0v) is 11.0. The van der Waals surface area contributed by atoms with Crippen LogP contribution in [-0.4, -0.2) is 39.1 Å². The second-order valence-corrected chi connectivity index (χ2v) is 4.88. The van der Waals surface area contributed by atoms with Crippen LogP contribution < -0.4 is 5.43 Å². The third kappa shape index (κ3) is 2.55. The molecule has 0 spiro atoms. The third-order valence-electron chi connectivity index (χ3n) is 3.41. The Morgan fingerprint density at radius 2 is 1.90 bits per heavy atom. The first kappa shape index (κ1) is 12.8. The first-order chi connectivity index (χ1) is 9.74. The van der Waals surface area contributed by atoms with Crippen LogP contribution in [0.4, 0.5) is 5.82 Å². The van der Waals surface area contributed by atoms with E-state index in [4.69, 9.17) is 5.11 Å². The zero-order chi connectivity index (χ0) is 13.9. The standard InChI is InChI=1S/C14H16N4O2/c19-14(20)13-15-11-7-3-2-6-10(11)12(16-13)17-18-8-4-1-5-9-18/h2-3,6-7H,1,4-5,8-9H2,(H,19,20)(H,15,16,17). The lowest BCUT2D eigenvalue weighted by molar-refractivity contribution is 0.0684. The van der Waals surface area contributed by atoms with Gasteiger partial charge in [0.2, 0.25) is 5.82 Å². The highest BCUT2D eigenvalue weighted by atomic mass is 16.4. The van der Waals surface area contributed by atoms with Gasteiger partial charge in [-0.3, -0.25) is 0 Å². The van der Waals surface area contributed by atoms with Gasteiger partial charge in [0.15, 0.2) is 5.82 Å². The predicted molar refractivity (Wildman–Crippen MR) is 75.5 cm³/mol. The first-order valence-electron chi connectivity index (χ1n) is 6.76. The van der Waals surface area contributed by atoms with Gasteiger partial charge in [-0.25, -0.2) is 19.8 Å². The number of benzene rings is 1. The van der Waals surface area contributed by atoms with E-state index < -0.39 is 5.97 Å². The van der Waals surface area contributed by atoms with Crippen LogP contribution in [0.15, 0.2) is 24.3 Å². The summed E-state index contributed by atoms with van der Waals surface area (Å²) in [6.07, 6.45) is 3.52. The highest BCUT2D eigenvalue weighted by molar-refractivity contribution is 5.93. The van der Waals surface area contributed by atoms with Crippen molar-refractivity contribution in [1.29, 1.82) is 0 Å². The number of nitrogens with zero attached hydrogens (tertiary/aromatic N) is 3. The molecule has 0 radical (unpaired) electrons. The Kier molecular flexibility index (Phi) is 3.47. The van der Waals surface area contributed by atoms with Crippen LogP contribution in [0.2, 0.25) is 0 Å². The Morgan fingerprint density at radius 1 is 1.15 bits per heavy atom. The van der Waals surface area contributed by atoms with E-state index in [1.54, 1.807) is 6.07 Å². The third-order valence-corrected chi connectivity index (χ3v) is 3.41. The molecular formula is C14H16N4O2. The van der Waals surface area contributed by atoms with Crippen molar-refractivity contribution in [1.82, 2.24) is 15.0 Å². The molecule has 0 amide bonds. The molecular weight excluding hydrogens is 256 g/mol. The number of piperidine rings is 1. The van der Waals surface area contributed by atoms with E-state index in [2.05, 4.69) is 20.4 Å². The molecule has 0 aliphatic carbocycles. The van der Waals surface area contributed by atoms with Crippen molar-refractivity contribution in [2.45, 2.75) is 19.3 Å². The Hall–Kier alpha value is -2.21. The maximum absolute atomic E-state index is 11.1. The monoisotopic (exact) mass is 272 g/mol. The number of aromatic carboxylic acids is 1. The number of hydrazine groups is 1. The maximum Gasteiger partial charge on any atom is 0.374 e. The summed E-state index contributed by atoms with van der Waals surface area (Å²) in [6.45, 7) is 1.89. The van der Waals surface area contributed by atoms with Crippen molar-refractivity contribution >= 4 is 22.7 Å². The lowest BCUT2D eigenvalue weighted by Gasteiger charge is -2.27. The molecule has 0 atom stereocenters. The molecule has 2 aromatic rings. The van der Waals surface area contributed by atoms with Crippen LogP contribution >= 0.6 is 0 Å². The number of nitrogens with one attached hydrogen (secondary N) is 1. The van der Waals surface area contributed by atoms with E-state index in [0.29, 0.717) is 11.3 Å². The van der Waals surface area contributed by atoms with Crippen LogP contribution in [0, 0.1) is 0 Å². The van der Waals surface area contributed by atoms with Crippen molar-refractivity contribution in [3.63, 3.8) is 0 Å². The van der Waals surface area contributed by atoms with E-state index in [-0.39, 0.29) is 5.82 Å². The van der Waals surface area contributed by atoms with Gasteiger partial charge in [-0.15, -0.1) is 0 Å². The number of hydrogen-bond acceptors (Lipinski definition) is 5. The number of carboxylic acids is 1. The smallest absolute Gasteiger partial charge is 0.374 e. The minimum absolute atomic E-state index is 0.178. The molecule has 1 aliphatic rings. The number of fused-ring (bicyclic) bond motifs is 1. The van der Waals surface area contributed by atoms with E-state index in [0.717, 1.165) is 31.3 Å². The van der Waals surface area contributed by atoms with Crippen molar-refractivity contribution in [2.24, 2.45) is 0 Å². The minimum atomic E-state index is -1.11. The largest absolute Gasteiger partial charge is 0.475 e. The fraction of sp³-hybridized carbons (Fsp3) is 0.357. The van der Waals surface area contributed by atoms with Crippen LogP contribution in [-0.2, 0) is 0 Å². The quantitative estimate of drug-likeness (QED) is 0.891. The van der Waals surface area contributed by atoms with E-state index in [9.17, 15) is 4.79 Å². The molecule has 0 unspecified atom stereocenters. The molecule has 6 heteroatoms. The van der Waals surface area contributed by atoms with Gasteiger partial charge in [0.1, 0.15) is 0 Å². The number of anilines is 1. The minimum Gasteiger partial charge on any atom is -0.475 e. The summed E-state index contributed by atoms with van der Waals surface area (Å²) in [4.78, 5) is 19.3. The summed E-state index contributed by atoms with van der Waals surface area (Å²) < 4.78 is 0. The predicted octanol–water partition coefficient (Wildman–Crippen LogP) is 2.14. The molecule has 1 aliphatic heterocycles. The molecule has 1 fully saturated rings. The average molecular weight is 272 g/mol. The SMILES string of the molecule is O=C(O)c1nc(NN2CCCCC2)c2ccccc2n1. The number of rotatable bonds is 3. The van der Waals surface area contributed by atoms with E-state index in [1.165, 1.54) is 6.42 Å². The van der Waals surface area contributed by atoms with E-state index >= 15 is 0 Å². The van der Waals surface area contributed by atoms with Crippen LogP contribution in [0.25, 0.3) is 10.9 Å². The Bertz CT molecular complexity index is 638. The average Bonchev–Trinajstić information content (AvgIpc) is 2.48. The molecule has 2 N–H and O–H groups in total. The molecule has 1 aromatic heterocycles. The van der Waals surface area contributed by atoms with Gasteiger partial charge >= 0.3 is 5.97 Å². The van der Waals surface area contributed by atoms with Gasteiger partial charge in [-0.2, -0.15) is 0 Å². The van der Waals surface area contributed by atoms with Crippen molar-refractivity contribution < 1.29 is 9.90 Å². The van der Waals surface area contributed by atoms with Gasteiger partial charge in [0.25, 0.3) is 0 Å². The van der Waals surface area contributed by atoms with Crippen molar-refractivity contribution in [3.05, 3.63) is 30.1 Å². The van der Waals surface area contributed by atoms with Gasteiger partial charge in [-0.05, 0) is 25.0 Å². The number of aromatic nitrogens is 2.